The van der Waals surface area contributed by atoms with Crippen LogP contribution in [0, 0.1) is 0 Å². The quantitative estimate of drug-likeness (QED) is 0.242. The van der Waals surface area contributed by atoms with Crippen LogP contribution in [-0.2, 0) is 4.79 Å². The lowest BCUT2D eigenvalue weighted by molar-refractivity contribution is -0.122. The van der Waals surface area contributed by atoms with E-state index in [1.54, 1.807) is 0 Å². The molecule has 1 unspecified atom stereocenters. The van der Waals surface area contributed by atoms with E-state index < -0.39 is 17.4 Å². The molecule has 1 atom stereocenters. The minimum absolute atomic E-state index is 0.0258. The maximum atomic E-state index is 11.2. The predicted octanol–water partition coefficient (Wildman–Crippen LogP) is -2.16. The Labute approximate surface area is 78.7 Å². The highest BCUT2D eigenvalue weighted by Gasteiger charge is 2.19. The van der Waals surface area contributed by atoms with Crippen molar-refractivity contribution in [1.82, 2.24) is 20.6 Å². The summed E-state index contributed by atoms with van der Waals surface area (Å²) in [5, 5.41) is 6.94. The standard InChI is InChI=1S/C6H10N6O2/c1-2(4(13)10-8)3-5(14)9-6(7)12-11-3/h2H,8H2,1H3,(H,10,13)(H3,7,9,12,14). The maximum absolute atomic E-state index is 11.2. The van der Waals surface area contributed by atoms with Gasteiger partial charge in [-0.05, 0) is 6.92 Å². The van der Waals surface area contributed by atoms with Crippen molar-refractivity contribution in [2.75, 3.05) is 5.73 Å². The van der Waals surface area contributed by atoms with Crippen LogP contribution < -0.4 is 22.6 Å². The number of amides is 1. The average molecular weight is 198 g/mol. The van der Waals surface area contributed by atoms with Gasteiger partial charge in [-0.1, -0.05) is 0 Å². The fourth-order valence-electron chi connectivity index (χ4n) is 0.891. The molecule has 0 saturated heterocycles. The van der Waals surface area contributed by atoms with Gasteiger partial charge in [0.25, 0.3) is 5.56 Å². The number of hydrazine groups is 1. The molecule has 0 fully saturated rings. The van der Waals surface area contributed by atoms with Crippen LogP contribution in [0.5, 0.6) is 0 Å². The smallest absolute Gasteiger partial charge is 0.275 e. The van der Waals surface area contributed by atoms with Gasteiger partial charge in [0.15, 0.2) is 0 Å². The fraction of sp³-hybridized carbons (Fsp3) is 0.333. The van der Waals surface area contributed by atoms with Gasteiger partial charge in [-0.3, -0.25) is 20.0 Å². The normalized spacial score (nSPS) is 12.1. The summed E-state index contributed by atoms with van der Waals surface area (Å²) in [6.45, 7) is 1.48. The minimum Gasteiger partial charge on any atom is -0.368 e. The molecule has 1 aromatic heterocycles. The number of hydrogen-bond donors (Lipinski definition) is 4. The zero-order valence-electron chi connectivity index (χ0n) is 7.44. The zero-order valence-corrected chi connectivity index (χ0v) is 7.44. The molecule has 0 aliphatic rings. The molecule has 1 aromatic rings. The third-order valence-electron chi connectivity index (χ3n) is 1.69. The van der Waals surface area contributed by atoms with Crippen LogP contribution >= 0.6 is 0 Å². The van der Waals surface area contributed by atoms with Crippen molar-refractivity contribution in [2.24, 2.45) is 5.84 Å². The molecule has 1 heterocycles. The highest BCUT2D eigenvalue weighted by Crippen LogP contribution is 2.05. The number of rotatable bonds is 2. The van der Waals surface area contributed by atoms with E-state index in [9.17, 15) is 9.59 Å². The zero-order chi connectivity index (χ0) is 10.7. The molecule has 0 saturated carbocycles. The van der Waals surface area contributed by atoms with E-state index in [1.807, 2.05) is 5.43 Å². The Hall–Kier alpha value is -1.96. The number of nitrogen functional groups attached to an aromatic ring is 1. The SMILES string of the molecule is CC(C(=O)NN)c1nnc(N)[nH]c1=O. The van der Waals surface area contributed by atoms with Crippen molar-refractivity contribution in [3.05, 3.63) is 16.0 Å². The number of hydrogen-bond acceptors (Lipinski definition) is 6. The number of aromatic nitrogens is 3. The van der Waals surface area contributed by atoms with Gasteiger partial charge < -0.3 is 5.73 Å². The van der Waals surface area contributed by atoms with E-state index in [0.29, 0.717) is 0 Å². The molecule has 8 nitrogen and oxygen atoms in total. The Morgan fingerprint density at radius 3 is 2.71 bits per heavy atom. The number of nitrogens with two attached hydrogens (primary N) is 2. The highest BCUT2D eigenvalue weighted by molar-refractivity contribution is 5.81. The number of anilines is 1. The second kappa shape index (κ2) is 3.83. The van der Waals surface area contributed by atoms with Crippen LogP contribution in [0.25, 0.3) is 0 Å². The lowest BCUT2D eigenvalue weighted by Crippen LogP contribution is -2.36. The summed E-state index contributed by atoms with van der Waals surface area (Å²) >= 11 is 0. The molecule has 6 N–H and O–H groups in total. The molecule has 0 bridgehead atoms. The third-order valence-corrected chi connectivity index (χ3v) is 1.69. The number of nitrogens with one attached hydrogen (secondary N) is 2. The molecule has 0 spiro atoms. The summed E-state index contributed by atoms with van der Waals surface area (Å²) in [5.41, 5.74) is 6.52. The molecule has 14 heavy (non-hydrogen) atoms. The summed E-state index contributed by atoms with van der Waals surface area (Å²) in [7, 11) is 0. The first-order valence-corrected chi connectivity index (χ1v) is 3.79. The number of H-pyrrole nitrogens is 1. The minimum atomic E-state index is -0.767. The van der Waals surface area contributed by atoms with Crippen molar-refractivity contribution in [2.45, 2.75) is 12.8 Å². The first kappa shape index (κ1) is 10.1. The Morgan fingerprint density at radius 1 is 1.57 bits per heavy atom. The van der Waals surface area contributed by atoms with Gasteiger partial charge in [0.2, 0.25) is 11.9 Å². The summed E-state index contributed by atoms with van der Waals surface area (Å²) in [5.74, 6) is 3.52. The van der Waals surface area contributed by atoms with Crippen LogP contribution in [0.3, 0.4) is 0 Å². The molecule has 0 aliphatic heterocycles. The molecule has 8 heteroatoms. The van der Waals surface area contributed by atoms with E-state index in [0.717, 1.165) is 0 Å². The van der Waals surface area contributed by atoms with Crippen molar-refractivity contribution in [1.29, 1.82) is 0 Å². The van der Waals surface area contributed by atoms with Crippen LogP contribution in [0.1, 0.15) is 18.5 Å². The topological polar surface area (TPSA) is 140 Å². The lowest BCUT2D eigenvalue weighted by Gasteiger charge is -2.06. The molecule has 76 valence electrons. The summed E-state index contributed by atoms with van der Waals surface area (Å²) in [6, 6.07) is 0. The summed E-state index contributed by atoms with van der Waals surface area (Å²) in [4.78, 5) is 24.5. The fourth-order valence-corrected chi connectivity index (χ4v) is 0.891. The second-order valence-corrected chi connectivity index (χ2v) is 2.65. The van der Waals surface area contributed by atoms with Crippen molar-refractivity contribution < 1.29 is 4.79 Å². The number of nitrogens with zero attached hydrogens (tertiary/aromatic N) is 2. The first-order valence-electron chi connectivity index (χ1n) is 3.79. The number of carbonyl (C=O) groups is 1. The van der Waals surface area contributed by atoms with E-state index in [1.165, 1.54) is 6.92 Å². The molecule has 1 amide bonds. The number of carbonyl (C=O) groups excluding carboxylic acids is 1. The van der Waals surface area contributed by atoms with E-state index >= 15 is 0 Å². The monoisotopic (exact) mass is 198 g/mol. The Kier molecular flexibility index (Phi) is 2.77. The van der Waals surface area contributed by atoms with Gasteiger partial charge in [0.05, 0.1) is 5.92 Å². The second-order valence-electron chi connectivity index (χ2n) is 2.65. The molecule has 0 aliphatic carbocycles. The highest BCUT2D eigenvalue weighted by atomic mass is 16.2. The number of aromatic amines is 1. The average Bonchev–Trinajstić information content (AvgIpc) is 2.15. The van der Waals surface area contributed by atoms with Crippen molar-refractivity contribution in [3.63, 3.8) is 0 Å². The summed E-state index contributed by atoms with van der Waals surface area (Å²) in [6.07, 6.45) is 0. The van der Waals surface area contributed by atoms with Gasteiger partial charge in [-0.25, -0.2) is 5.84 Å². The molecular formula is C6H10N6O2. The molecule has 0 radical (unpaired) electrons. The van der Waals surface area contributed by atoms with E-state index in [4.69, 9.17) is 11.6 Å². The van der Waals surface area contributed by atoms with E-state index in [2.05, 4.69) is 15.2 Å². The summed E-state index contributed by atoms with van der Waals surface area (Å²) < 4.78 is 0. The Morgan fingerprint density at radius 2 is 2.21 bits per heavy atom. The van der Waals surface area contributed by atoms with Crippen LogP contribution in [0.4, 0.5) is 5.95 Å². The van der Waals surface area contributed by atoms with Gasteiger partial charge in [-0.15, -0.1) is 10.2 Å². The van der Waals surface area contributed by atoms with Crippen LogP contribution in [0.2, 0.25) is 0 Å². The van der Waals surface area contributed by atoms with Gasteiger partial charge >= 0.3 is 0 Å². The molecule has 0 aromatic carbocycles. The largest absolute Gasteiger partial charge is 0.368 e. The van der Waals surface area contributed by atoms with Gasteiger partial charge in [0, 0.05) is 0 Å². The van der Waals surface area contributed by atoms with Crippen molar-refractivity contribution >= 4 is 11.9 Å². The first-order chi connectivity index (χ1) is 6.56. The Balaban J connectivity index is 3.08. The van der Waals surface area contributed by atoms with Gasteiger partial charge in [-0.2, -0.15) is 0 Å². The third kappa shape index (κ3) is 1.85. The van der Waals surface area contributed by atoms with Crippen molar-refractivity contribution in [3.8, 4) is 0 Å². The van der Waals surface area contributed by atoms with E-state index in [-0.39, 0.29) is 11.6 Å². The predicted molar refractivity (Wildman–Crippen MR) is 47.8 cm³/mol. The molecular weight excluding hydrogens is 188 g/mol. The van der Waals surface area contributed by atoms with Crippen LogP contribution in [-0.4, -0.2) is 21.1 Å². The Bertz CT molecular complexity index is 400. The van der Waals surface area contributed by atoms with Gasteiger partial charge in [0.1, 0.15) is 5.69 Å². The van der Waals surface area contributed by atoms with Crippen LogP contribution in [0.15, 0.2) is 4.79 Å². The maximum Gasteiger partial charge on any atom is 0.275 e. The molecule has 1 rings (SSSR count). The lowest BCUT2D eigenvalue weighted by atomic mass is 10.1.